The molecule has 4 rings (SSSR count). The molecule has 0 radical (unpaired) electrons. The van der Waals surface area contributed by atoms with E-state index in [1.54, 1.807) is 0 Å². The van der Waals surface area contributed by atoms with Crippen LogP contribution >= 0.6 is 0 Å². The molecule has 0 bridgehead atoms. The van der Waals surface area contributed by atoms with Crippen molar-refractivity contribution >= 4 is 5.97 Å². The molecule has 4 fully saturated rings. The first-order chi connectivity index (χ1) is 8.04. The fraction of sp³-hybridized carbons (Fsp3) is 0.667. The molecule has 0 aromatic rings. The predicted octanol–water partition coefficient (Wildman–Crippen LogP) is 2.71. The molecule has 3 saturated carbocycles. The number of fused-ring (bicyclic) bond motifs is 5. The van der Waals surface area contributed by atoms with E-state index in [-0.39, 0.29) is 18.0 Å². The first-order valence-electron chi connectivity index (χ1n) is 6.62. The van der Waals surface area contributed by atoms with Gasteiger partial charge in [-0.1, -0.05) is 25.7 Å². The van der Waals surface area contributed by atoms with Crippen molar-refractivity contribution in [1.29, 1.82) is 0 Å². The van der Waals surface area contributed by atoms with Crippen LogP contribution in [0.1, 0.15) is 26.2 Å². The molecule has 0 aromatic heterocycles. The molecule has 2 heteroatoms. The normalized spacial score (nSPS) is 55.1. The minimum atomic E-state index is -0.169. The minimum absolute atomic E-state index is 0.0500. The van der Waals surface area contributed by atoms with Crippen molar-refractivity contribution in [3.63, 3.8) is 0 Å². The SMILES string of the molecule is C=C1C(=O)O[C@H]2[C@@H]1CC[C@@]1(C)[C@@H]3C[C@@H]3C(=C)[C@H]21. The third kappa shape index (κ3) is 0.966. The molecule has 0 unspecified atom stereocenters. The Morgan fingerprint density at radius 3 is 2.88 bits per heavy atom. The van der Waals surface area contributed by atoms with Gasteiger partial charge < -0.3 is 4.74 Å². The molecule has 6 atom stereocenters. The maximum absolute atomic E-state index is 11.7. The molecular formula is C15H18O2. The second-order valence-electron chi connectivity index (χ2n) is 6.55. The van der Waals surface area contributed by atoms with Gasteiger partial charge in [-0.3, -0.25) is 0 Å². The van der Waals surface area contributed by atoms with Gasteiger partial charge in [-0.2, -0.15) is 0 Å². The first-order valence-corrected chi connectivity index (χ1v) is 6.62. The van der Waals surface area contributed by atoms with Crippen LogP contribution in [0, 0.1) is 29.1 Å². The Morgan fingerprint density at radius 2 is 2.12 bits per heavy atom. The molecular weight excluding hydrogens is 212 g/mol. The maximum Gasteiger partial charge on any atom is 0.334 e. The van der Waals surface area contributed by atoms with Gasteiger partial charge in [0.05, 0.1) is 0 Å². The van der Waals surface area contributed by atoms with E-state index in [0.717, 1.165) is 18.3 Å². The average Bonchev–Trinajstić information content (AvgIpc) is 2.99. The molecule has 0 spiro atoms. The van der Waals surface area contributed by atoms with Crippen LogP contribution in [0.2, 0.25) is 0 Å². The van der Waals surface area contributed by atoms with Gasteiger partial charge >= 0.3 is 5.97 Å². The van der Waals surface area contributed by atoms with Gasteiger partial charge in [0, 0.05) is 17.4 Å². The van der Waals surface area contributed by atoms with E-state index in [1.807, 2.05) is 0 Å². The molecule has 0 amide bonds. The molecule has 0 N–H and O–H groups in total. The van der Waals surface area contributed by atoms with Gasteiger partial charge in [0.2, 0.25) is 0 Å². The van der Waals surface area contributed by atoms with Crippen molar-refractivity contribution in [2.75, 3.05) is 0 Å². The van der Waals surface area contributed by atoms with Gasteiger partial charge in [-0.15, -0.1) is 0 Å². The smallest absolute Gasteiger partial charge is 0.334 e. The topological polar surface area (TPSA) is 26.3 Å². The maximum atomic E-state index is 11.7. The largest absolute Gasteiger partial charge is 0.458 e. The lowest BCUT2D eigenvalue weighted by molar-refractivity contribution is -0.144. The molecule has 2 nitrogen and oxygen atoms in total. The number of ether oxygens (including phenoxy) is 1. The third-order valence-corrected chi connectivity index (χ3v) is 5.90. The van der Waals surface area contributed by atoms with Crippen molar-refractivity contribution < 1.29 is 9.53 Å². The summed E-state index contributed by atoms with van der Waals surface area (Å²) in [7, 11) is 0. The van der Waals surface area contributed by atoms with E-state index in [1.165, 1.54) is 18.4 Å². The Labute approximate surface area is 102 Å². The Kier molecular flexibility index (Phi) is 1.56. The highest BCUT2D eigenvalue weighted by molar-refractivity contribution is 5.91. The average molecular weight is 230 g/mol. The van der Waals surface area contributed by atoms with Gasteiger partial charge in [-0.05, 0) is 36.5 Å². The Morgan fingerprint density at radius 1 is 1.35 bits per heavy atom. The summed E-state index contributed by atoms with van der Waals surface area (Å²) in [5.74, 6) is 2.02. The first kappa shape index (κ1) is 9.93. The van der Waals surface area contributed by atoms with E-state index in [4.69, 9.17) is 4.74 Å². The number of carbonyl (C=O) groups excluding carboxylic acids is 1. The lowest BCUT2D eigenvalue weighted by Crippen LogP contribution is -2.43. The molecule has 4 aliphatic rings. The van der Waals surface area contributed by atoms with E-state index in [9.17, 15) is 4.79 Å². The summed E-state index contributed by atoms with van der Waals surface area (Å²) in [4.78, 5) is 11.7. The van der Waals surface area contributed by atoms with Crippen LogP contribution in [0.5, 0.6) is 0 Å². The highest BCUT2D eigenvalue weighted by atomic mass is 16.6. The highest BCUT2D eigenvalue weighted by Crippen LogP contribution is 2.72. The summed E-state index contributed by atoms with van der Waals surface area (Å²) in [6.07, 6.45) is 3.64. The van der Waals surface area contributed by atoms with Crippen molar-refractivity contribution in [3.8, 4) is 0 Å². The Hall–Kier alpha value is -1.05. The van der Waals surface area contributed by atoms with Crippen molar-refractivity contribution in [2.45, 2.75) is 32.3 Å². The summed E-state index contributed by atoms with van der Waals surface area (Å²) in [6, 6.07) is 0. The zero-order valence-electron chi connectivity index (χ0n) is 10.2. The molecule has 1 saturated heterocycles. The van der Waals surface area contributed by atoms with E-state index < -0.39 is 0 Å². The fourth-order valence-corrected chi connectivity index (χ4v) is 4.88. The van der Waals surface area contributed by atoms with Crippen LogP contribution in [0.15, 0.2) is 24.3 Å². The summed E-state index contributed by atoms with van der Waals surface area (Å²) in [5, 5.41) is 0. The summed E-state index contributed by atoms with van der Waals surface area (Å²) >= 11 is 0. The molecule has 90 valence electrons. The standard InChI is InChI=1S/C15H18O2/c1-7-10-6-11(10)15(3)5-4-9-8(2)14(16)17-13(9)12(7)15/h9-13H,1-2,4-6H2,3H3/t9-,10-,11-,12-,13+,15+/m1/s1. The quantitative estimate of drug-likeness (QED) is 0.363. The molecule has 0 aromatic carbocycles. The van der Waals surface area contributed by atoms with Crippen LogP contribution in [0.4, 0.5) is 0 Å². The molecule has 3 aliphatic carbocycles. The zero-order valence-corrected chi connectivity index (χ0v) is 10.2. The monoisotopic (exact) mass is 230 g/mol. The summed E-state index contributed by atoms with van der Waals surface area (Å²) < 4.78 is 5.60. The molecule has 17 heavy (non-hydrogen) atoms. The van der Waals surface area contributed by atoms with E-state index in [0.29, 0.717) is 16.9 Å². The highest BCUT2D eigenvalue weighted by Gasteiger charge is 2.68. The Bertz CT molecular complexity index is 464. The second-order valence-corrected chi connectivity index (χ2v) is 6.55. The fourth-order valence-electron chi connectivity index (χ4n) is 4.88. The van der Waals surface area contributed by atoms with Crippen LogP contribution in [-0.4, -0.2) is 12.1 Å². The predicted molar refractivity (Wildman–Crippen MR) is 64.1 cm³/mol. The van der Waals surface area contributed by atoms with E-state index >= 15 is 0 Å². The summed E-state index contributed by atoms with van der Waals surface area (Å²) in [5.41, 5.74) is 2.40. The zero-order chi connectivity index (χ0) is 11.9. The lowest BCUT2D eigenvalue weighted by Gasteiger charge is -2.44. The van der Waals surface area contributed by atoms with Crippen molar-refractivity contribution in [1.82, 2.24) is 0 Å². The Balaban J connectivity index is 1.77. The number of hydrogen-bond donors (Lipinski definition) is 0. The third-order valence-electron chi connectivity index (χ3n) is 5.90. The van der Waals surface area contributed by atoms with Gasteiger partial charge in [0.15, 0.2) is 0 Å². The van der Waals surface area contributed by atoms with Crippen LogP contribution in [-0.2, 0) is 9.53 Å². The van der Waals surface area contributed by atoms with Crippen LogP contribution in [0.25, 0.3) is 0 Å². The number of hydrogen-bond acceptors (Lipinski definition) is 2. The van der Waals surface area contributed by atoms with Crippen LogP contribution in [0.3, 0.4) is 0 Å². The van der Waals surface area contributed by atoms with E-state index in [2.05, 4.69) is 20.1 Å². The number of carbonyl (C=O) groups is 1. The molecule has 1 heterocycles. The van der Waals surface area contributed by atoms with Crippen molar-refractivity contribution in [3.05, 3.63) is 24.3 Å². The lowest BCUT2D eigenvalue weighted by atomic mass is 9.61. The van der Waals surface area contributed by atoms with Gasteiger partial charge in [0.25, 0.3) is 0 Å². The second kappa shape index (κ2) is 2.68. The van der Waals surface area contributed by atoms with Crippen LogP contribution < -0.4 is 0 Å². The molecule has 1 aliphatic heterocycles. The number of rotatable bonds is 0. The number of esters is 1. The van der Waals surface area contributed by atoms with Crippen molar-refractivity contribution in [2.24, 2.45) is 29.1 Å². The van der Waals surface area contributed by atoms with Gasteiger partial charge in [0.1, 0.15) is 6.10 Å². The van der Waals surface area contributed by atoms with Gasteiger partial charge in [-0.25, -0.2) is 4.79 Å². The minimum Gasteiger partial charge on any atom is -0.458 e. The summed E-state index contributed by atoms with van der Waals surface area (Å²) in [6.45, 7) is 10.6.